The van der Waals surface area contributed by atoms with Crippen molar-refractivity contribution in [2.75, 3.05) is 33.5 Å². The molecule has 0 spiro atoms. The second-order valence-electron chi connectivity index (χ2n) is 10.1. The second-order valence-corrected chi connectivity index (χ2v) is 10.1. The fourth-order valence-corrected chi connectivity index (χ4v) is 4.64. The Bertz CT molecular complexity index is 792. The molecular weight excluding hydrogens is 468 g/mol. The summed E-state index contributed by atoms with van der Waals surface area (Å²) in [6.45, 7) is 9.25. The lowest BCUT2D eigenvalue weighted by molar-refractivity contribution is -0.141. The minimum absolute atomic E-state index is 0.100. The van der Waals surface area contributed by atoms with Crippen molar-refractivity contribution < 1.29 is 29.3 Å². The first-order valence-electron chi connectivity index (χ1n) is 13.7. The van der Waals surface area contributed by atoms with Gasteiger partial charge in [0.1, 0.15) is 6.29 Å². The molecule has 6 heteroatoms. The predicted octanol–water partition coefficient (Wildman–Crippen LogP) is 5.56. The average Bonchev–Trinajstić information content (AvgIpc) is 2.94. The summed E-state index contributed by atoms with van der Waals surface area (Å²) in [6.07, 6.45) is 12.8. The van der Waals surface area contributed by atoms with Gasteiger partial charge in [-0.05, 0) is 74.3 Å². The highest BCUT2D eigenvalue weighted by atomic mass is 16.5. The molecule has 208 valence electrons. The molecule has 37 heavy (non-hydrogen) atoms. The molecule has 0 bridgehead atoms. The highest BCUT2D eigenvalue weighted by molar-refractivity contribution is 5.87. The van der Waals surface area contributed by atoms with Crippen LogP contribution in [0.4, 0.5) is 0 Å². The van der Waals surface area contributed by atoms with Crippen LogP contribution in [0.1, 0.15) is 81.8 Å². The molecule has 6 nitrogen and oxygen atoms in total. The number of benzene rings is 1. The van der Waals surface area contributed by atoms with Crippen LogP contribution in [0, 0.1) is 11.8 Å². The Balaban J connectivity index is 0.00000102. The molecule has 0 aromatic heterocycles. The Kier molecular flexibility index (Phi) is 17.5. The zero-order valence-corrected chi connectivity index (χ0v) is 23.0. The van der Waals surface area contributed by atoms with Crippen molar-refractivity contribution in [2.24, 2.45) is 11.8 Å². The molecule has 0 radical (unpaired) electrons. The number of carbonyl (C=O) groups excluding carboxylic acids is 2. The molecule has 2 rings (SSSR count). The summed E-state index contributed by atoms with van der Waals surface area (Å²) in [7, 11) is 1.68. The Morgan fingerprint density at radius 1 is 1.05 bits per heavy atom. The Labute approximate surface area is 223 Å². The normalized spacial score (nSPS) is 17.7. The highest BCUT2D eigenvalue weighted by Crippen LogP contribution is 2.38. The van der Waals surface area contributed by atoms with E-state index < -0.39 is 5.97 Å². The number of aliphatic hydroxyl groups excluding tert-OH is 2. The quantitative estimate of drug-likeness (QED) is 0.129. The van der Waals surface area contributed by atoms with Crippen LogP contribution in [-0.4, -0.2) is 56.0 Å². The molecular formula is C31H48O6. The standard InChI is InChI=1S/C27H42O4.C4H6O2/c1-4-5-6-7-22-10-14-25(15-11-22)26-16-12-23(13-17-26)8-9-24(19-30-3)20-31-27(29)21(2)18-28;1-4(2-5)3-6/h10-11,14-15,23-24,26,28H,2,4-9,12-13,16-20H2,1,3H3;2,6H,1,3H2. The van der Waals surface area contributed by atoms with Gasteiger partial charge in [-0.1, -0.05) is 57.2 Å². The van der Waals surface area contributed by atoms with Crippen LogP contribution in [0.3, 0.4) is 0 Å². The molecule has 0 aliphatic heterocycles. The number of unbranched alkanes of at least 4 members (excludes halogenated alkanes) is 2. The summed E-state index contributed by atoms with van der Waals surface area (Å²) in [6, 6.07) is 9.38. The average molecular weight is 517 g/mol. The van der Waals surface area contributed by atoms with Crippen LogP contribution in [0.15, 0.2) is 48.6 Å². The minimum Gasteiger partial charge on any atom is -0.462 e. The number of aryl methyl sites for hydroxylation is 1. The van der Waals surface area contributed by atoms with Gasteiger partial charge in [0.05, 0.1) is 32.0 Å². The highest BCUT2D eigenvalue weighted by Gasteiger charge is 2.23. The summed E-state index contributed by atoms with van der Waals surface area (Å²) in [4.78, 5) is 21.2. The van der Waals surface area contributed by atoms with E-state index in [1.54, 1.807) is 7.11 Å². The smallest absolute Gasteiger partial charge is 0.335 e. The molecule has 1 atom stereocenters. The monoisotopic (exact) mass is 516 g/mol. The van der Waals surface area contributed by atoms with Gasteiger partial charge in [-0.15, -0.1) is 0 Å². The molecule has 1 aliphatic carbocycles. The van der Waals surface area contributed by atoms with Gasteiger partial charge in [0.2, 0.25) is 0 Å². The minimum atomic E-state index is -0.513. The van der Waals surface area contributed by atoms with Crippen molar-refractivity contribution in [3.63, 3.8) is 0 Å². The van der Waals surface area contributed by atoms with Crippen LogP contribution in [-0.2, 0) is 25.5 Å². The first-order valence-corrected chi connectivity index (χ1v) is 13.7. The first kappa shape index (κ1) is 32.7. The third-order valence-electron chi connectivity index (χ3n) is 7.05. The maximum absolute atomic E-state index is 11.7. The molecule has 1 fully saturated rings. The molecule has 0 amide bonds. The van der Waals surface area contributed by atoms with Gasteiger partial charge in [-0.25, -0.2) is 4.79 Å². The number of ether oxygens (including phenoxy) is 2. The van der Waals surface area contributed by atoms with Gasteiger partial charge in [0, 0.05) is 18.6 Å². The Morgan fingerprint density at radius 3 is 2.24 bits per heavy atom. The number of carbonyl (C=O) groups is 2. The van der Waals surface area contributed by atoms with Crippen LogP contribution < -0.4 is 0 Å². The number of hydrogen-bond acceptors (Lipinski definition) is 6. The first-order chi connectivity index (χ1) is 17.9. The molecule has 2 N–H and O–H groups in total. The zero-order chi connectivity index (χ0) is 27.5. The number of hydrogen-bond donors (Lipinski definition) is 2. The lowest BCUT2D eigenvalue weighted by Crippen LogP contribution is -2.21. The summed E-state index contributed by atoms with van der Waals surface area (Å²) in [5, 5.41) is 17.0. The van der Waals surface area contributed by atoms with E-state index in [1.807, 2.05) is 0 Å². The lowest BCUT2D eigenvalue weighted by atomic mass is 9.76. The number of methoxy groups -OCH3 is 1. The third kappa shape index (κ3) is 13.7. The van der Waals surface area contributed by atoms with Crippen molar-refractivity contribution in [1.82, 2.24) is 0 Å². The molecule has 1 aromatic carbocycles. The number of esters is 1. The van der Waals surface area contributed by atoms with Gasteiger partial charge >= 0.3 is 5.97 Å². The fourth-order valence-electron chi connectivity index (χ4n) is 4.64. The van der Waals surface area contributed by atoms with E-state index in [0.717, 1.165) is 18.8 Å². The summed E-state index contributed by atoms with van der Waals surface area (Å²) >= 11 is 0. The van der Waals surface area contributed by atoms with E-state index in [4.69, 9.17) is 19.7 Å². The van der Waals surface area contributed by atoms with E-state index in [0.29, 0.717) is 25.4 Å². The third-order valence-corrected chi connectivity index (χ3v) is 7.05. The van der Waals surface area contributed by atoms with Crippen LogP contribution in [0.2, 0.25) is 0 Å². The van der Waals surface area contributed by atoms with Crippen molar-refractivity contribution in [1.29, 1.82) is 0 Å². The molecule has 1 aliphatic rings. The lowest BCUT2D eigenvalue weighted by Gasteiger charge is -2.30. The van der Waals surface area contributed by atoms with E-state index >= 15 is 0 Å². The molecule has 1 unspecified atom stereocenters. The summed E-state index contributed by atoms with van der Waals surface area (Å²) < 4.78 is 10.6. The van der Waals surface area contributed by atoms with Crippen molar-refractivity contribution in [2.45, 2.75) is 77.0 Å². The van der Waals surface area contributed by atoms with Gasteiger partial charge in [0.25, 0.3) is 0 Å². The second kappa shape index (κ2) is 19.8. The fraction of sp³-hybridized carbons (Fsp3) is 0.613. The molecule has 1 aromatic rings. The summed E-state index contributed by atoms with van der Waals surface area (Å²) in [5.41, 5.74) is 3.29. The van der Waals surface area contributed by atoms with Crippen molar-refractivity contribution in [3.8, 4) is 0 Å². The molecule has 0 saturated heterocycles. The van der Waals surface area contributed by atoms with Crippen LogP contribution in [0.5, 0.6) is 0 Å². The van der Waals surface area contributed by atoms with Gasteiger partial charge in [0.15, 0.2) is 0 Å². The largest absolute Gasteiger partial charge is 0.462 e. The predicted molar refractivity (Wildman–Crippen MR) is 148 cm³/mol. The Morgan fingerprint density at radius 2 is 1.73 bits per heavy atom. The SMILES string of the molecule is C=C(C=O)CO.C=C(CO)C(=O)OCC(CCC1CCC(c2ccc(CCCCC)cc2)CC1)COC. The van der Waals surface area contributed by atoms with E-state index in [-0.39, 0.29) is 30.3 Å². The molecule has 0 heterocycles. The van der Waals surface area contributed by atoms with E-state index in [1.165, 1.54) is 62.5 Å². The van der Waals surface area contributed by atoms with Crippen molar-refractivity contribution in [3.05, 3.63) is 59.7 Å². The van der Waals surface area contributed by atoms with Crippen LogP contribution in [0.25, 0.3) is 0 Å². The number of rotatable bonds is 16. The van der Waals surface area contributed by atoms with E-state index in [2.05, 4.69) is 44.3 Å². The van der Waals surface area contributed by atoms with Gasteiger partial charge in [-0.3, -0.25) is 4.79 Å². The Hall–Kier alpha value is -2.28. The van der Waals surface area contributed by atoms with Gasteiger partial charge in [-0.2, -0.15) is 0 Å². The van der Waals surface area contributed by atoms with Gasteiger partial charge < -0.3 is 19.7 Å². The number of aliphatic hydroxyl groups is 2. The topological polar surface area (TPSA) is 93.1 Å². The van der Waals surface area contributed by atoms with E-state index in [9.17, 15) is 9.59 Å². The van der Waals surface area contributed by atoms with Crippen molar-refractivity contribution >= 4 is 12.3 Å². The molecule has 1 saturated carbocycles. The number of aldehydes is 1. The van der Waals surface area contributed by atoms with Crippen LogP contribution >= 0.6 is 0 Å². The maximum Gasteiger partial charge on any atom is 0.335 e. The summed E-state index contributed by atoms with van der Waals surface area (Å²) in [5.74, 6) is 1.12. The zero-order valence-electron chi connectivity index (χ0n) is 23.0. The maximum atomic E-state index is 11.7.